The van der Waals surface area contributed by atoms with Crippen LogP contribution < -0.4 is 27.8 Å². The lowest BCUT2D eigenvalue weighted by Crippen LogP contribution is -2.57. The summed E-state index contributed by atoms with van der Waals surface area (Å²) in [5, 5.41) is 13.6. The van der Waals surface area contributed by atoms with Gasteiger partial charge in [0.15, 0.2) is 0 Å². The Hall–Kier alpha value is -4.00. The molecule has 190 valence electrons. The number of aliphatic carboxylic acids is 1. The number of benzene rings is 1. The minimum absolute atomic E-state index is 0.271. The van der Waals surface area contributed by atoms with Gasteiger partial charge in [0.25, 0.3) is 0 Å². The van der Waals surface area contributed by atoms with E-state index in [0.717, 1.165) is 5.56 Å². The molecular formula is C22H30N6O7. The van der Waals surface area contributed by atoms with Gasteiger partial charge in [-0.05, 0) is 24.8 Å². The standard InChI is InChI=1S/C22H30N6O7/c23-13(9-12-5-2-1-3-6-12)21(33)28-8-4-7-16(28)20(32)26-14(10-17(24)29)19(31)27-15(22(34)35)11-18(25)30/h1-3,5-6,13-16H,4,7-11,23H2,(H2,24,29)(H2,25,30)(H,26,32)(H,27,31)(H,34,35). The van der Waals surface area contributed by atoms with E-state index in [0.29, 0.717) is 12.8 Å². The van der Waals surface area contributed by atoms with Crippen LogP contribution in [0.4, 0.5) is 0 Å². The Morgan fingerprint density at radius 2 is 1.57 bits per heavy atom. The third-order valence-corrected chi connectivity index (χ3v) is 5.51. The van der Waals surface area contributed by atoms with E-state index in [4.69, 9.17) is 17.2 Å². The lowest BCUT2D eigenvalue weighted by Gasteiger charge is -2.28. The highest BCUT2D eigenvalue weighted by molar-refractivity contribution is 5.97. The molecule has 5 amide bonds. The number of primary amides is 2. The van der Waals surface area contributed by atoms with Crippen molar-refractivity contribution in [1.29, 1.82) is 0 Å². The van der Waals surface area contributed by atoms with Crippen molar-refractivity contribution in [2.75, 3.05) is 6.54 Å². The van der Waals surface area contributed by atoms with Crippen LogP contribution in [0.15, 0.2) is 30.3 Å². The highest BCUT2D eigenvalue weighted by Gasteiger charge is 2.38. The average Bonchev–Trinajstić information content (AvgIpc) is 3.27. The second-order valence-electron chi connectivity index (χ2n) is 8.29. The Morgan fingerprint density at radius 3 is 2.14 bits per heavy atom. The summed E-state index contributed by atoms with van der Waals surface area (Å²) in [6.45, 7) is 0.284. The van der Waals surface area contributed by atoms with E-state index >= 15 is 0 Å². The lowest BCUT2D eigenvalue weighted by atomic mass is 10.0. The first kappa shape index (κ1) is 27.2. The van der Waals surface area contributed by atoms with Crippen LogP contribution >= 0.6 is 0 Å². The predicted molar refractivity (Wildman–Crippen MR) is 122 cm³/mol. The van der Waals surface area contributed by atoms with E-state index in [1.54, 1.807) is 0 Å². The quantitative estimate of drug-likeness (QED) is 0.181. The number of carbonyl (C=O) groups excluding carboxylic acids is 5. The number of nitrogens with one attached hydrogen (secondary N) is 2. The molecule has 1 aliphatic heterocycles. The van der Waals surface area contributed by atoms with E-state index in [1.807, 2.05) is 30.3 Å². The summed E-state index contributed by atoms with van der Waals surface area (Å²) in [6.07, 6.45) is -0.223. The largest absolute Gasteiger partial charge is 0.480 e. The average molecular weight is 491 g/mol. The molecule has 1 fully saturated rings. The maximum Gasteiger partial charge on any atom is 0.326 e. The number of amides is 5. The number of hydrogen-bond donors (Lipinski definition) is 6. The fourth-order valence-corrected chi connectivity index (χ4v) is 3.82. The van der Waals surface area contributed by atoms with Crippen molar-refractivity contribution < 1.29 is 33.9 Å². The van der Waals surface area contributed by atoms with Crippen molar-refractivity contribution in [3.05, 3.63) is 35.9 Å². The molecule has 4 unspecified atom stereocenters. The summed E-state index contributed by atoms with van der Waals surface area (Å²) in [4.78, 5) is 73.7. The molecule has 0 aliphatic carbocycles. The van der Waals surface area contributed by atoms with E-state index in [9.17, 15) is 33.9 Å². The normalized spacial score (nSPS) is 17.6. The van der Waals surface area contributed by atoms with Gasteiger partial charge in [-0.1, -0.05) is 30.3 Å². The number of nitrogens with zero attached hydrogens (tertiary/aromatic N) is 1. The van der Waals surface area contributed by atoms with Crippen molar-refractivity contribution in [3.8, 4) is 0 Å². The van der Waals surface area contributed by atoms with Crippen LogP contribution in [-0.2, 0) is 35.2 Å². The molecular weight excluding hydrogens is 460 g/mol. The van der Waals surface area contributed by atoms with Crippen LogP contribution in [0.3, 0.4) is 0 Å². The van der Waals surface area contributed by atoms with Crippen LogP contribution in [0.25, 0.3) is 0 Å². The molecule has 0 spiro atoms. The van der Waals surface area contributed by atoms with Crippen LogP contribution in [-0.4, -0.2) is 76.2 Å². The molecule has 13 nitrogen and oxygen atoms in total. The number of rotatable bonds is 12. The molecule has 0 bridgehead atoms. The zero-order valence-electron chi connectivity index (χ0n) is 19.0. The van der Waals surface area contributed by atoms with Gasteiger partial charge in [-0.15, -0.1) is 0 Å². The van der Waals surface area contributed by atoms with Gasteiger partial charge in [0.2, 0.25) is 29.5 Å². The second kappa shape index (κ2) is 12.5. The SMILES string of the molecule is NC(=O)CC(NC(=O)C(CC(N)=O)NC(=O)C1CCCN1C(=O)C(N)Cc1ccccc1)C(=O)O. The maximum absolute atomic E-state index is 13.0. The first-order chi connectivity index (χ1) is 16.5. The predicted octanol–water partition coefficient (Wildman–Crippen LogP) is -2.65. The molecule has 2 rings (SSSR count). The number of nitrogens with two attached hydrogens (primary N) is 3. The van der Waals surface area contributed by atoms with Gasteiger partial charge < -0.3 is 37.8 Å². The molecule has 9 N–H and O–H groups in total. The maximum atomic E-state index is 13.0. The molecule has 1 heterocycles. The topological polar surface area (TPSA) is 228 Å². The van der Waals surface area contributed by atoms with Gasteiger partial charge in [-0.25, -0.2) is 4.79 Å². The first-order valence-corrected chi connectivity index (χ1v) is 11.0. The first-order valence-electron chi connectivity index (χ1n) is 11.0. The third kappa shape index (κ3) is 8.07. The van der Waals surface area contributed by atoms with Crippen molar-refractivity contribution in [2.24, 2.45) is 17.2 Å². The smallest absolute Gasteiger partial charge is 0.326 e. The van der Waals surface area contributed by atoms with Gasteiger partial charge in [-0.2, -0.15) is 0 Å². The van der Waals surface area contributed by atoms with E-state index in [-0.39, 0.29) is 13.0 Å². The molecule has 13 heteroatoms. The van der Waals surface area contributed by atoms with Gasteiger partial charge in [0.05, 0.1) is 18.9 Å². The Labute approximate surface area is 201 Å². The van der Waals surface area contributed by atoms with E-state index in [2.05, 4.69) is 10.6 Å². The number of hydrogen-bond acceptors (Lipinski definition) is 7. The lowest BCUT2D eigenvalue weighted by molar-refractivity contribution is -0.144. The fourth-order valence-electron chi connectivity index (χ4n) is 3.82. The van der Waals surface area contributed by atoms with Crippen LogP contribution in [0, 0.1) is 0 Å². The number of carboxylic acid groups (broad SMARTS) is 1. The van der Waals surface area contributed by atoms with Crippen LogP contribution in [0.5, 0.6) is 0 Å². The Morgan fingerprint density at radius 1 is 0.971 bits per heavy atom. The summed E-state index contributed by atoms with van der Waals surface area (Å²) in [5.74, 6) is -5.62. The minimum atomic E-state index is -1.66. The summed E-state index contributed by atoms with van der Waals surface area (Å²) in [5.41, 5.74) is 17.1. The molecule has 0 radical (unpaired) electrons. The molecule has 1 aromatic rings. The molecule has 1 aromatic carbocycles. The van der Waals surface area contributed by atoms with Gasteiger partial charge in [0.1, 0.15) is 18.1 Å². The van der Waals surface area contributed by atoms with Crippen LogP contribution in [0.2, 0.25) is 0 Å². The highest BCUT2D eigenvalue weighted by atomic mass is 16.4. The van der Waals surface area contributed by atoms with Crippen molar-refractivity contribution in [1.82, 2.24) is 15.5 Å². The fraction of sp³-hybridized carbons (Fsp3) is 0.455. The minimum Gasteiger partial charge on any atom is -0.480 e. The summed E-state index contributed by atoms with van der Waals surface area (Å²) < 4.78 is 0. The molecule has 1 aliphatic rings. The van der Waals surface area contributed by atoms with E-state index in [1.165, 1.54) is 4.90 Å². The third-order valence-electron chi connectivity index (χ3n) is 5.51. The Kier molecular flexibility index (Phi) is 9.70. The van der Waals surface area contributed by atoms with Crippen LogP contribution in [0.1, 0.15) is 31.2 Å². The molecule has 0 aromatic heterocycles. The number of carbonyl (C=O) groups is 6. The number of carboxylic acids is 1. The van der Waals surface area contributed by atoms with Gasteiger partial charge in [0, 0.05) is 6.54 Å². The second-order valence-corrected chi connectivity index (χ2v) is 8.29. The van der Waals surface area contributed by atoms with Crippen molar-refractivity contribution in [3.63, 3.8) is 0 Å². The van der Waals surface area contributed by atoms with Gasteiger partial charge >= 0.3 is 5.97 Å². The monoisotopic (exact) mass is 490 g/mol. The molecule has 0 saturated carbocycles. The molecule has 35 heavy (non-hydrogen) atoms. The molecule has 4 atom stereocenters. The summed E-state index contributed by atoms with van der Waals surface area (Å²) in [7, 11) is 0. The summed E-state index contributed by atoms with van der Waals surface area (Å²) in [6, 6.07) is 4.13. The highest BCUT2D eigenvalue weighted by Crippen LogP contribution is 2.19. The number of likely N-dealkylation sites (tertiary alicyclic amines) is 1. The zero-order valence-corrected chi connectivity index (χ0v) is 19.0. The van der Waals surface area contributed by atoms with Crippen molar-refractivity contribution in [2.45, 2.75) is 56.3 Å². The molecule has 1 saturated heterocycles. The van der Waals surface area contributed by atoms with Crippen molar-refractivity contribution >= 4 is 35.5 Å². The Bertz CT molecular complexity index is 970. The van der Waals surface area contributed by atoms with Gasteiger partial charge in [-0.3, -0.25) is 24.0 Å². The zero-order chi connectivity index (χ0) is 26.1. The van der Waals surface area contributed by atoms with E-state index < -0.39 is 72.5 Å². The Balaban J connectivity index is 2.09. The summed E-state index contributed by atoms with van der Waals surface area (Å²) >= 11 is 0.